The lowest BCUT2D eigenvalue weighted by Gasteiger charge is -2.04. The molecule has 0 saturated carbocycles. The topological polar surface area (TPSA) is 43.4 Å². The normalized spacial score (nSPS) is 10.7. The molecule has 0 amide bonds. The van der Waals surface area contributed by atoms with Gasteiger partial charge in [0.1, 0.15) is 11.5 Å². The third kappa shape index (κ3) is 2.68. The van der Waals surface area contributed by atoms with Gasteiger partial charge in [0, 0.05) is 22.3 Å². The molecule has 4 rings (SSSR count). The van der Waals surface area contributed by atoms with Crippen molar-refractivity contribution in [3.8, 4) is 22.6 Å². The molecule has 2 aromatic heterocycles. The predicted octanol–water partition coefficient (Wildman–Crippen LogP) is 5.44. The molecule has 2 aromatic carbocycles. The average Bonchev–Trinajstić information content (AvgIpc) is 3.35. The van der Waals surface area contributed by atoms with Gasteiger partial charge in [-0.2, -0.15) is 0 Å². The van der Waals surface area contributed by atoms with Crippen LogP contribution in [-0.2, 0) is 0 Å². The Bertz CT molecular complexity index is 850. The van der Waals surface area contributed by atoms with E-state index in [1.165, 1.54) is 0 Å². The van der Waals surface area contributed by atoms with Crippen molar-refractivity contribution in [3.05, 3.63) is 96.4 Å². The third-order valence-electron chi connectivity index (χ3n) is 3.91. The molecule has 0 bridgehead atoms. The molecule has 0 atom stereocenters. The Kier molecular flexibility index (Phi) is 3.60. The fourth-order valence-electron chi connectivity index (χ4n) is 2.62. The summed E-state index contributed by atoms with van der Waals surface area (Å²) in [5.74, 6) is 1.57. The van der Waals surface area contributed by atoms with E-state index in [0.717, 1.165) is 22.6 Å². The van der Waals surface area contributed by atoms with Crippen LogP contribution in [0.3, 0.4) is 0 Å². The van der Waals surface area contributed by atoms with Gasteiger partial charge in [-0.15, -0.1) is 0 Å². The summed E-state index contributed by atoms with van der Waals surface area (Å²) < 4.78 is 10.7. The molecule has 24 heavy (non-hydrogen) atoms. The van der Waals surface area contributed by atoms with Crippen LogP contribution >= 0.6 is 0 Å². The number of ketones is 1. The van der Waals surface area contributed by atoms with Crippen molar-refractivity contribution < 1.29 is 13.6 Å². The Hall–Kier alpha value is -3.33. The van der Waals surface area contributed by atoms with Crippen molar-refractivity contribution >= 4 is 5.78 Å². The maximum Gasteiger partial charge on any atom is 0.193 e. The molecule has 4 aromatic rings. The van der Waals surface area contributed by atoms with Crippen molar-refractivity contribution in [2.24, 2.45) is 0 Å². The first-order valence-corrected chi connectivity index (χ1v) is 7.64. The minimum atomic E-state index is -0.00742. The number of benzene rings is 2. The second kappa shape index (κ2) is 6.05. The van der Waals surface area contributed by atoms with Gasteiger partial charge in [0.15, 0.2) is 5.78 Å². The van der Waals surface area contributed by atoms with Crippen LogP contribution in [0.5, 0.6) is 0 Å². The Morgan fingerprint density at radius 1 is 0.583 bits per heavy atom. The van der Waals surface area contributed by atoms with Gasteiger partial charge in [-0.25, -0.2) is 0 Å². The van der Waals surface area contributed by atoms with Gasteiger partial charge in [-0.3, -0.25) is 4.79 Å². The minimum absolute atomic E-state index is 0.00742. The van der Waals surface area contributed by atoms with Crippen molar-refractivity contribution in [2.75, 3.05) is 0 Å². The molecule has 0 saturated heterocycles. The number of hydrogen-bond donors (Lipinski definition) is 0. The molecule has 0 aliphatic carbocycles. The van der Waals surface area contributed by atoms with E-state index >= 15 is 0 Å². The maximum absolute atomic E-state index is 12.6. The summed E-state index contributed by atoms with van der Waals surface area (Å²) in [6.45, 7) is 0. The van der Waals surface area contributed by atoms with E-state index in [9.17, 15) is 4.79 Å². The second-order valence-electron chi connectivity index (χ2n) is 5.44. The molecule has 0 fully saturated rings. The Morgan fingerprint density at radius 3 is 1.33 bits per heavy atom. The third-order valence-corrected chi connectivity index (χ3v) is 3.91. The van der Waals surface area contributed by atoms with Crippen LogP contribution in [0.4, 0.5) is 0 Å². The van der Waals surface area contributed by atoms with Gasteiger partial charge in [0.2, 0.25) is 0 Å². The number of hydrogen-bond acceptors (Lipinski definition) is 3. The number of furan rings is 2. The van der Waals surface area contributed by atoms with Crippen LogP contribution in [0, 0.1) is 0 Å². The highest BCUT2D eigenvalue weighted by Gasteiger charge is 2.10. The van der Waals surface area contributed by atoms with Crippen molar-refractivity contribution in [3.63, 3.8) is 0 Å². The van der Waals surface area contributed by atoms with Gasteiger partial charge < -0.3 is 8.83 Å². The van der Waals surface area contributed by atoms with Gasteiger partial charge in [-0.1, -0.05) is 48.5 Å². The summed E-state index contributed by atoms with van der Waals surface area (Å²) in [6, 6.07) is 22.3. The number of rotatable bonds is 4. The molecule has 2 heterocycles. The highest BCUT2D eigenvalue weighted by molar-refractivity contribution is 6.09. The second-order valence-corrected chi connectivity index (χ2v) is 5.44. The zero-order chi connectivity index (χ0) is 16.4. The van der Waals surface area contributed by atoms with E-state index < -0.39 is 0 Å². The zero-order valence-electron chi connectivity index (χ0n) is 12.8. The molecule has 0 unspecified atom stereocenters. The monoisotopic (exact) mass is 314 g/mol. The molecular formula is C21H14O3. The molecule has 0 radical (unpaired) electrons. The van der Waals surface area contributed by atoms with E-state index in [1.54, 1.807) is 12.5 Å². The highest BCUT2D eigenvalue weighted by atomic mass is 16.3. The SMILES string of the molecule is O=C(c1ccc(-c2ccco2)cc1)c1ccc(-c2ccco2)cc1. The van der Waals surface area contributed by atoms with Gasteiger partial charge in [0.05, 0.1) is 12.5 Å². The van der Waals surface area contributed by atoms with Gasteiger partial charge in [-0.05, 0) is 24.3 Å². The lowest BCUT2D eigenvalue weighted by Crippen LogP contribution is -2.00. The first-order valence-electron chi connectivity index (χ1n) is 7.64. The summed E-state index contributed by atoms with van der Waals surface area (Å²) in [5, 5.41) is 0. The summed E-state index contributed by atoms with van der Waals surface area (Å²) in [4.78, 5) is 12.6. The quantitative estimate of drug-likeness (QED) is 0.471. The Balaban J connectivity index is 1.57. The summed E-state index contributed by atoms with van der Waals surface area (Å²) in [7, 11) is 0. The van der Waals surface area contributed by atoms with Crippen LogP contribution in [0.1, 0.15) is 15.9 Å². The first-order chi connectivity index (χ1) is 11.8. The van der Waals surface area contributed by atoms with Crippen molar-refractivity contribution in [2.45, 2.75) is 0 Å². The van der Waals surface area contributed by atoms with E-state index in [1.807, 2.05) is 72.8 Å². The minimum Gasteiger partial charge on any atom is -0.464 e. The Labute approximate surface area is 139 Å². The summed E-state index contributed by atoms with van der Waals surface area (Å²) in [6.07, 6.45) is 3.27. The number of carbonyl (C=O) groups excluding carboxylic acids is 1. The molecular weight excluding hydrogens is 300 g/mol. The Morgan fingerprint density at radius 2 is 1.00 bits per heavy atom. The van der Waals surface area contributed by atoms with E-state index in [4.69, 9.17) is 8.83 Å². The van der Waals surface area contributed by atoms with Crippen LogP contribution in [0.15, 0.2) is 94.2 Å². The van der Waals surface area contributed by atoms with Crippen molar-refractivity contribution in [1.82, 2.24) is 0 Å². The van der Waals surface area contributed by atoms with E-state index in [2.05, 4.69) is 0 Å². The molecule has 0 aliphatic heterocycles. The molecule has 3 heteroatoms. The van der Waals surface area contributed by atoms with E-state index in [0.29, 0.717) is 11.1 Å². The van der Waals surface area contributed by atoms with Crippen LogP contribution in [0.2, 0.25) is 0 Å². The smallest absolute Gasteiger partial charge is 0.193 e. The average molecular weight is 314 g/mol. The maximum atomic E-state index is 12.6. The van der Waals surface area contributed by atoms with Crippen LogP contribution in [-0.4, -0.2) is 5.78 Å². The summed E-state index contributed by atoms with van der Waals surface area (Å²) in [5.41, 5.74) is 3.20. The fraction of sp³-hybridized carbons (Fsp3) is 0. The molecule has 0 N–H and O–H groups in total. The highest BCUT2D eigenvalue weighted by Crippen LogP contribution is 2.23. The largest absolute Gasteiger partial charge is 0.464 e. The van der Waals surface area contributed by atoms with E-state index in [-0.39, 0.29) is 5.78 Å². The predicted molar refractivity (Wildman–Crippen MR) is 91.7 cm³/mol. The van der Waals surface area contributed by atoms with Crippen molar-refractivity contribution in [1.29, 1.82) is 0 Å². The fourth-order valence-corrected chi connectivity index (χ4v) is 2.62. The molecule has 3 nitrogen and oxygen atoms in total. The summed E-state index contributed by atoms with van der Waals surface area (Å²) >= 11 is 0. The lowest BCUT2D eigenvalue weighted by molar-refractivity contribution is 0.103. The molecule has 0 spiro atoms. The molecule has 0 aliphatic rings. The zero-order valence-corrected chi connectivity index (χ0v) is 12.8. The van der Waals surface area contributed by atoms with Gasteiger partial charge in [0.25, 0.3) is 0 Å². The van der Waals surface area contributed by atoms with Crippen LogP contribution in [0.25, 0.3) is 22.6 Å². The standard InChI is InChI=1S/C21H14O3/c22-21(17-9-5-15(6-10-17)19-3-1-13-23-19)18-11-7-16(8-12-18)20-4-2-14-24-20/h1-14H. The number of carbonyl (C=O) groups is 1. The van der Waals surface area contributed by atoms with Crippen LogP contribution < -0.4 is 0 Å². The molecule has 116 valence electrons. The lowest BCUT2D eigenvalue weighted by atomic mass is 10.00. The van der Waals surface area contributed by atoms with Gasteiger partial charge >= 0.3 is 0 Å². The first kappa shape index (κ1) is 14.3.